The third-order valence-corrected chi connectivity index (χ3v) is 6.08. The van der Waals surface area contributed by atoms with Gasteiger partial charge in [0, 0.05) is 38.9 Å². The molecule has 2 rings (SSSR count). The lowest BCUT2D eigenvalue weighted by Crippen LogP contribution is -2.45. The van der Waals surface area contributed by atoms with Crippen LogP contribution in [0.4, 0.5) is 0 Å². The lowest BCUT2D eigenvalue weighted by atomic mass is 9.83. The summed E-state index contributed by atoms with van der Waals surface area (Å²) in [6, 6.07) is 8.39. The molecular formula is C23H41IN4O2. The van der Waals surface area contributed by atoms with Crippen LogP contribution in [0.1, 0.15) is 50.6 Å². The van der Waals surface area contributed by atoms with Gasteiger partial charge in [0.2, 0.25) is 0 Å². The first-order valence-corrected chi connectivity index (χ1v) is 10.9. The molecule has 0 spiro atoms. The van der Waals surface area contributed by atoms with Crippen LogP contribution in [0.15, 0.2) is 29.3 Å². The van der Waals surface area contributed by atoms with Gasteiger partial charge in [-0.1, -0.05) is 31.0 Å². The van der Waals surface area contributed by atoms with Crippen molar-refractivity contribution in [3.8, 4) is 5.75 Å². The highest BCUT2D eigenvalue weighted by molar-refractivity contribution is 14.0. The van der Waals surface area contributed by atoms with Crippen LogP contribution in [0.2, 0.25) is 0 Å². The summed E-state index contributed by atoms with van der Waals surface area (Å²) < 4.78 is 11.2. The zero-order valence-corrected chi connectivity index (χ0v) is 21.7. The molecule has 1 unspecified atom stereocenters. The lowest BCUT2D eigenvalue weighted by Gasteiger charge is -2.31. The van der Waals surface area contributed by atoms with E-state index in [-0.39, 0.29) is 30.0 Å². The number of likely N-dealkylation sites (N-methyl/N-ethyl adjacent to an activating group) is 1. The number of hydrogen-bond donors (Lipinski definition) is 2. The normalized spacial score (nSPS) is 16.8. The zero-order chi connectivity index (χ0) is 21.1. The number of guanidine groups is 1. The summed E-state index contributed by atoms with van der Waals surface area (Å²) in [4.78, 5) is 6.66. The van der Waals surface area contributed by atoms with Crippen molar-refractivity contribution in [2.45, 2.75) is 45.1 Å². The summed E-state index contributed by atoms with van der Waals surface area (Å²) >= 11 is 0. The van der Waals surface area contributed by atoms with Gasteiger partial charge in [-0.2, -0.15) is 0 Å². The van der Waals surface area contributed by atoms with Crippen molar-refractivity contribution in [2.24, 2.45) is 10.4 Å². The summed E-state index contributed by atoms with van der Waals surface area (Å²) in [6.07, 6.45) is 6.29. The number of nitrogens with zero attached hydrogens (tertiary/aromatic N) is 2. The van der Waals surface area contributed by atoms with Gasteiger partial charge in [-0.15, -0.1) is 24.0 Å². The van der Waals surface area contributed by atoms with E-state index in [4.69, 9.17) is 9.47 Å². The van der Waals surface area contributed by atoms with E-state index in [1.807, 2.05) is 19.2 Å². The molecule has 1 aliphatic carbocycles. The minimum Gasteiger partial charge on any atom is -0.496 e. The molecule has 1 fully saturated rings. The van der Waals surface area contributed by atoms with E-state index in [1.54, 1.807) is 7.11 Å². The first-order chi connectivity index (χ1) is 14.0. The minimum atomic E-state index is 0. The molecule has 172 valence electrons. The average molecular weight is 533 g/mol. The number of aliphatic imine (C=N–C) groups is 1. The Morgan fingerprint density at radius 1 is 1.20 bits per heavy atom. The molecule has 1 saturated carbocycles. The highest BCUT2D eigenvalue weighted by Crippen LogP contribution is 2.40. The lowest BCUT2D eigenvalue weighted by molar-refractivity contribution is 0.105. The Hall–Kier alpha value is -1.06. The van der Waals surface area contributed by atoms with Crippen LogP contribution < -0.4 is 15.4 Å². The third-order valence-electron chi connectivity index (χ3n) is 6.08. The Labute approximate surface area is 200 Å². The molecule has 30 heavy (non-hydrogen) atoms. The molecule has 0 saturated heterocycles. The maximum Gasteiger partial charge on any atom is 0.191 e. The molecule has 2 N–H and O–H groups in total. The van der Waals surface area contributed by atoms with Crippen molar-refractivity contribution in [3.05, 3.63) is 29.8 Å². The molecule has 1 aromatic rings. The number of methoxy groups -OCH3 is 1. The third kappa shape index (κ3) is 7.89. The second-order valence-corrected chi connectivity index (χ2v) is 8.18. The predicted molar refractivity (Wildman–Crippen MR) is 136 cm³/mol. The van der Waals surface area contributed by atoms with Gasteiger partial charge < -0.3 is 25.0 Å². The maximum absolute atomic E-state index is 5.64. The van der Waals surface area contributed by atoms with Gasteiger partial charge in [0.25, 0.3) is 0 Å². The van der Waals surface area contributed by atoms with Gasteiger partial charge in [-0.25, -0.2) is 0 Å². The Morgan fingerprint density at radius 2 is 1.90 bits per heavy atom. The van der Waals surface area contributed by atoms with Crippen molar-refractivity contribution < 1.29 is 9.47 Å². The zero-order valence-electron chi connectivity index (χ0n) is 19.4. The van der Waals surface area contributed by atoms with Gasteiger partial charge >= 0.3 is 0 Å². The second kappa shape index (κ2) is 14.1. The van der Waals surface area contributed by atoms with Crippen molar-refractivity contribution in [3.63, 3.8) is 0 Å². The number of halogens is 1. The summed E-state index contributed by atoms with van der Waals surface area (Å²) in [6.45, 7) is 5.40. The van der Waals surface area contributed by atoms with Crippen molar-refractivity contribution in [1.29, 1.82) is 0 Å². The van der Waals surface area contributed by atoms with Gasteiger partial charge in [0.1, 0.15) is 5.75 Å². The standard InChI is InChI=1S/C23H40N4O2.HI/c1-6-29-16-15-23(13-9-10-14-23)18-26-22(24-2)25-17-20(27(3)4)19-11-7-8-12-21(19)28-5;/h7-8,11-12,20H,6,9-10,13-18H2,1-5H3,(H2,24,25,26);1H. The van der Waals surface area contributed by atoms with Crippen molar-refractivity contribution in [1.82, 2.24) is 15.5 Å². The molecule has 0 radical (unpaired) electrons. The van der Waals surface area contributed by atoms with E-state index in [0.717, 1.165) is 44.4 Å². The first-order valence-electron chi connectivity index (χ1n) is 10.9. The Kier molecular flexibility index (Phi) is 12.7. The van der Waals surface area contributed by atoms with Crippen LogP contribution in [0, 0.1) is 5.41 Å². The van der Waals surface area contributed by atoms with E-state index in [1.165, 1.54) is 31.2 Å². The number of ether oxygens (including phenoxy) is 2. The highest BCUT2D eigenvalue weighted by Gasteiger charge is 2.33. The maximum atomic E-state index is 5.64. The molecule has 0 bridgehead atoms. The topological polar surface area (TPSA) is 58.1 Å². The molecule has 0 aliphatic heterocycles. The number of nitrogens with one attached hydrogen (secondary N) is 2. The van der Waals surface area contributed by atoms with Crippen LogP contribution in [0.25, 0.3) is 0 Å². The molecule has 7 heteroatoms. The van der Waals surface area contributed by atoms with Crippen molar-refractivity contribution in [2.75, 3.05) is 54.6 Å². The number of rotatable bonds is 11. The van der Waals surface area contributed by atoms with Gasteiger partial charge in [-0.3, -0.25) is 4.99 Å². The van der Waals surface area contributed by atoms with Crippen LogP contribution >= 0.6 is 24.0 Å². The average Bonchev–Trinajstić information content (AvgIpc) is 3.19. The summed E-state index contributed by atoms with van der Waals surface area (Å²) in [5, 5.41) is 7.11. The smallest absolute Gasteiger partial charge is 0.191 e. The number of para-hydroxylation sites is 1. The molecule has 6 nitrogen and oxygen atoms in total. The van der Waals surface area contributed by atoms with Crippen LogP contribution in [0.3, 0.4) is 0 Å². The quantitative estimate of drug-likeness (QED) is 0.195. The Balaban J connectivity index is 0.00000450. The number of benzene rings is 1. The fraction of sp³-hybridized carbons (Fsp3) is 0.696. The molecule has 1 aromatic carbocycles. The van der Waals surface area contributed by atoms with Crippen LogP contribution in [0.5, 0.6) is 5.75 Å². The molecule has 0 aromatic heterocycles. The van der Waals surface area contributed by atoms with E-state index in [2.05, 4.69) is 53.7 Å². The van der Waals surface area contributed by atoms with Crippen molar-refractivity contribution >= 4 is 29.9 Å². The van der Waals surface area contributed by atoms with Gasteiger partial charge in [-0.05, 0) is 51.8 Å². The van der Waals surface area contributed by atoms with E-state index < -0.39 is 0 Å². The van der Waals surface area contributed by atoms with Crippen LogP contribution in [-0.2, 0) is 4.74 Å². The first kappa shape index (κ1) is 27.0. The second-order valence-electron chi connectivity index (χ2n) is 8.18. The van der Waals surface area contributed by atoms with E-state index in [9.17, 15) is 0 Å². The highest BCUT2D eigenvalue weighted by atomic mass is 127. The van der Waals surface area contributed by atoms with E-state index in [0.29, 0.717) is 5.41 Å². The van der Waals surface area contributed by atoms with E-state index >= 15 is 0 Å². The largest absolute Gasteiger partial charge is 0.496 e. The van der Waals surface area contributed by atoms with Gasteiger partial charge in [0.15, 0.2) is 5.96 Å². The van der Waals surface area contributed by atoms with Crippen LogP contribution in [-0.4, -0.2) is 65.4 Å². The molecule has 0 heterocycles. The Bertz CT molecular complexity index is 633. The minimum absolute atomic E-state index is 0. The molecule has 0 amide bonds. The summed E-state index contributed by atoms with van der Waals surface area (Å²) in [5.74, 6) is 1.77. The molecule has 1 atom stereocenters. The SMILES string of the molecule is CCOCCC1(CNC(=NC)NCC(c2ccccc2OC)N(C)C)CCCC1.I. The summed E-state index contributed by atoms with van der Waals surface area (Å²) in [5.41, 5.74) is 1.50. The fourth-order valence-corrected chi connectivity index (χ4v) is 4.27. The monoisotopic (exact) mass is 532 g/mol. The summed E-state index contributed by atoms with van der Waals surface area (Å²) in [7, 11) is 7.75. The fourth-order valence-electron chi connectivity index (χ4n) is 4.27. The van der Waals surface area contributed by atoms with Gasteiger partial charge in [0.05, 0.1) is 13.2 Å². The molecule has 1 aliphatic rings. The Morgan fingerprint density at radius 3 is 2.50 bits per heavy atom. The molecular weight excluding hydrogens is 491 g/mol. The predicted octanol–water partition coefficient (Wildman–Crippen LogP) is 4.07. The number of hydrogen-bond acceptors (Lipinski definition) is 4.